The standard InChI is InChI=1S/C30H35ClF3N3O2/c1-21(36-20-29(38)24-5-2-6-25(17-24)30(32,33)34)16-22-8-10-27(11-9-22)39-15-14-37-13-12-35-19-28(37)23-4-3-7-26(31)18-23/h2-11,17-18,21,28-29,35-36,38H,12-16,19-20H2,1H3. The van der Waals surface area contributed by atoms with E-state index in [1.807, 2.05) is 49.4 Å². The Morgan fingerprint density at radius 3 is 2.62 bits per heavy atom. The Morgan fingerprint density at radius 1 is 1.10 bits per heavy atom. The number of piperazine rings is 1. The molecule has 0 aromatic heterocycles. The quantitative estimate of drug-likeness (QED) is 0.283. The van der Waals surface area contributed by atoms with Crippen molar-refractivity contribution < 1.29 is 23.0 Å². The Morgan fingerprint density at radius 2 is 1.87 bits per heavy atom. The molecule has 0 spiro atoms. The van der Waals surface area contributed by atoms with Gasteiger partial charge < -0.3 is 20.5 Å². The van der Waals surface area contributed by atoms with E-state index in [1.54, 1.807) is 0 Å². The first-order valence-corrected chi connectivity index (χ1v) is 13.6. The molecule has 0 radical (unpaired) electrons. The maximum absolute atomic E-state index is 12.9. The van der Waals surface area contributed by atoms with Gasteiger partial charge in [-0.2, -0.15) is 13.2 Å². The molecular formula is C30H35ClF3N3O2. The fourth-order valence-corrected chi connectivity index (χ4v) is 5.04. The van der Waals surface area contributed by atoms with Gasteiger partial charge >= 0.3 is 6.18 Å². The first-order valence-electron chi connectivity index (χ1n) is 13.2. The molecule has 1 heterocycles. The first kappa shape index (κ1) is 29.4. The van der Waals surface area contributed by atoms with Crippen molar-refractivity contribution >= 4 is 11.6 Å². The Hall–Kier alpha value is -2.62. The Balaban J connectivity index is 1.21. The van der Waals surface area contributed by atoms with Crippen LogP contribution in [0, 0.1) is 0 Å². The highest BCUT2D eigenvalue weighted by Gasteiger charge is 2.31. The number of nitrogens with zero attached hydrogens (tertiary/aromatic N) is 1. The normalized spacial score (nSPS) is 18.1. The number of hydrogen-bond donors (Lipinski definition) is 3. The Bertz CT molecular complexity index is 1190. The number of ether oxygens (including phenoxy) is 1. The molecule has 1 aliphatic heterocycles. The third kappa shape index (κ3) is 8.68. The van der Waals surface area contributed by atoms with E-state index in [9.17, 15) is 18.3 Å². The third-order valence-corrected chi connectivity index (χ3v) is 7.19. The van der Waals surface area contributed by atoms with Crippen LogP contribution in [0.3, 0.4) is 0 Å². The second kappa shape index (κ2) is 13.6. The lowest BCUT2D eigenvalue weighted by Gasteiger charge is -2.36. The molecule has 0 aliphatic carbocycles. The summed E-state index contributed by atoms with van der Waals surface area (Å²) in [7, 11) is 0. The molecule has 3 N–H and O–H groups in total. The zero-order valence-electron chi connectivity index (χ0n) is 21.9. The highest BCUT2D eigenvalue weighted by Crippen LogP contribution is 2.31. The summed E-state index contributed by atoms with van der Waals surface area (Å²) in [6, 6.07) is 21.0. The van der Waals surface area contributed by atoms with Crippen LogP contribution in [-0.2, 0) is 12.6 Å². The lowest BCUT2D eigenvalue weighted by molar-refractivity contribution is -0.137. The Labute approximate surface area is 232 Å². The van der Waals surface area contributed by atoms with Gasteiger partial charge in [0.25, 0.3) is 0 Å². The van der Waals surface area contributed by atoms with Crippen molar-refractivity contribution in [3.8, 4) is 5.75 Å². The van der Waals surface area contributed by atoms with Crippen molar-refractivity contribution in [2.45, 2.75) is 37.7 Å². The number of alkyl halides is 3. The monoisotopic (exact) mass is 561 g/mol. The van der Waals surface area contributed by atoms with Crippen LogP contribution in [0.5, 0.6) is 5.75 Å². The van der Waals surface area contributed by atoms with Gasteiger partial charge in [0.1, 0.15) is 12.4 Å². The van der Waals surface area contributed by atoms with Gasteiger partial charge in [0.2, 0.25) is 0 Å². The molecular weight excluding hydrogens is 527 g/mol. The predicted molar refractivity (Wildman–Crippen MR) is 148 cm³/mol. The zero-order chi connectivity index (χ0) is 27.8. The zero-order valence-corrected chi connectivity index (χ0v) is 22.7. The molecule has 1 fully saturated rings. The van der Waals surface area contributed by atoms with Crippen LogP contribution in [0.15, 0.2) is 72.8 Å². The van der Waals surface area contributed by atoms with E-state index in [4.69, 9.17) is 16.3 Å². The molecule has 39 heavy (non-hydrogen) atoms. The van der Waals surface area contributed by atoms with Crippen LogP contribution in [-0.4, -0.2) is 55.4 Å². The largest absolute Gasteiger partial charge is 0.492 e. The molecule has 3 unspecified atom stereocenters. The summed E-state index contributed by atoms with van der Waals surface area (Å²) in [6.45, 7) is 6.26. The minimum Gasteiger partial charge on any atom is -0.492 e. The van der Waals surface area contributed by atoms with Crippen LogP contribution in [0.25, 0.3) is 0 Å². The van der Waals surface area contributed by atoms with Gasteiger partial charge in [-0.25, -0.2) is 0 Å². The van der Waals surface area contributed by atoms with Crippen LogP contribution in [0.2, 0.25) is 5.02 Å². The maximum atomic E-state index is 12.9. The predicted octanol–water partition coefficient (Wildman–Crippen LogP) is 5.64. The van der Waals surface area contributed by atoms with E-state index in [-0.39, 0.29) is 24.2 Å². The second-order valence-corrected chi connectivity index (χ2v) is 10.4. The second-order valence-electron chi connectivity index (χ2n) is 9.96. The number of rotatable bonds is 11. The third-order valence-electron chi connectivity index (χ3n) is 6.96. The number of aliphatic hydroxyl groups excluding tert-OH is 1. The number of nitrogens with one attached hydrogen (secondary N) is 2. The molecule has 3 aromatic carbocycles. The smallest absolute Gasteiger partial charge is 0.416 e. The van der Waals surface area contributed by atoms with Gasteiger partial charge in [-0.3, -0.25) is 4.90 Å². The van der Waals surface area contributed by atoms with Crippen LogP contribution < -0.4 is 15.4 Å². The van der Waals surface area contributed by atoms with E-state index in [0.717, 1.165) is 54.6 Å². The van der Waals surface area contributed by atoms with Crippen LogP contribution in [0.1, 0.15) is 41.3 Å². The van der Waals surface area contributed by atoms with Gasteiger partial charge in [-0.15, -0.1) is 0 Å². The summed E-state index contributed by atoms with van der Waals surface area (Å²) >= 11 is 6.20. The van der Waals surface area contributed by atoms with Gasteiger partial charge in [0.15, 0.2) is 0 Å². The molecule has 0 bridgehead atoms. The molecule has 3 aromatic rings. The SMILES string of the molecule is CC(Cc1ccc(OCCN2CCNCC2c2cccc(Cl)c2)cc1)NCC(O)c1cccc(C(F)(F)F)c1. The topological polar surface area (TPSA) is 56.8 Å². The van der Waals surface area contributed by atoms with E-state index >= 15 is 0 Å². The van der Waals surface area contributed by atoms with Crippen molar-refractivity contribution in [1.82, 2.24) is 15.5 Å². The minimum absolute atomic E-state index is 0.0216. The number of hydrogen-bond acceptors (Lipinski definition) is 5. The molecule has 3 atom stereocenters. The molecule has 0 amide bonds. The average molecular weight is 562 g/mol. The number of benzene rings is 3. The van der Waals surface area contributed by atoms with Crippen molar-refractivity contribution in [3.63, 3.8) is 0 Å². The van der Waals surface area contributed by atoms with Crippen LogP contribution >= 0.6 is 11.6 Å². The number of halogens is 4. The highest BCUT2D eigenvalue weighted by molar-refractivity contribution is 6.30. The van der Waals surface area contributed by atoms with Crippen molar-refractivity contribution in [2.24, 2.45) is 0 Å². The number of aliphatic hydroxyl groups is 1. The van der Waals surface area contributed by atoms with Crippen molar-refractivity contribution in [2.75, 3.05) is 39.3 Å². The maximum Gasteiger partial charge on any atom is 0.416 e. The van der Waals surface area contributed by atoms with Gasteiger partial charge in [0.05, 0.1) is 11.7 Å². The fraction of sp³-hybridized carbons (Fsp3) is 0.400. The van der Waals surface area contributed by atoms with Gasteiger partial charge in [0, 0.05) is 49.8 Å². The molecule has 0 saturated carbocycles. The minimum atomic E-state index is -4.43. The lowest BCUT2D eigenvalue weighted by Crippen LogP contribution is -2.47. The Kier molecular flexibility index (Phi) is 10.3. The molecule has 1 aliphatic rings. The summed E-state index contributed by atoms with van der Waals surface area (Å²) in [5, 5.41) is 17.8. The summed E-state index contributed by atoms with van der Waals surface area (Å²) in [6.07, 6.45) is -4.76. The molecule has 5 nitrogen and oxygen atoms in total. The van der Waals surface area contributed by atoms with Gasteiger partial charge in [-0.1, -0.05) is 48.0 Å². The molecule has 210 valence electrons. The molecule has 4 rings (SSSR count). The van der Waals surface area contributed by atoms with Crippen LogP contribution in [0.4, 0.5) is 13.2 Å². The van der Waals surface area contributed by atoms with Gasteiger partial charge in [-0.05, 0) is 66.4 Å². The summed E-state index contributed by atoms with van der Waals surface area (Å²) < 4.78 is 44.9. The molecule has 1 saturated heterocycles. The first-order chi connectivity index (χ1) is 18.7. The van der Waals surface area contributed by atoms with E-state index < -0.39 is 17.8 Å². The van der Waals surface area contributed by atoms with E-state index in [2.05, 4.69) is 21.6 Å². The lowest BCUT2D eigenvalue weighted by atomic mass is 10.0. The van der Waals surface area contributed by atoms with E-state index in [1.165, 1.54) is 17.7 Å². The average Bonchev–Trinajstić information content (AvgIpc) is 2.92. The summed E-state index contributed by atoms with van der Waals surface area (Å²) in [5.41, 5.74) is 1.78. The van der Waals surface area contributed by atoms with E-state index in [0.29, 0.717) is 13.0 Å². The molecule has 9 heteroatoms. The fourth-order valence-electron chi connectivity index (χ4n) is 4.84. The highest BCUT2D eigenvalue weighted by atomic mass is 35.5. The summed E-state index contributed by atoms with van der Waals surface area (Å²) in [5.74, 6) is 0.800. The van der Waals surface area contributed by atoms with Crippen molar-refractivity contribution in [3.05, 3.63) is 100 Å². The summed E-state index contributed by atoms with van der Waals surface area (Å²) in [4.78, 5) is 2.41. The van der Waals surface area contributed by atoms with Crippen molar-refractivity contribution in [1.29, 1.82) is 0 Å².